The number of carbonyl (C=O) groups is 2. The Morgan fingerprint density at radius 3 is 2.00 bits per heavy atom. The van der Waals surface area contributed by atoms with Crippen LogP contribution in [0.3, 0.4) is 0 Å². The van der Waals surface area contributed by atoms with Crippen molar-refractivity contribution in [3.8, 4) is 0 Å². The van der Waals surface area contributed by atoms with E-state index in [1.54, 1.807) is 12.4 Å². The van der Waals surface area contributed by atoms with Crippen molar-refractivity contribution in [3.63, 3.8) is 0 Å². The Labute approximate surface area is 117 Å². The fraction of sp³-hybridized carbons (Fsp3) is 0.188. The maximum Gasteiger partial charge on any atom is 0.233 e. The van der Waals surface area contributed by atoms with Crippen molar-refractivity contribution < 1.29 is 9.59 Å². The average molecular weight is 266 g/mol. The molecule has 20 heavy (non-hydrogen) atoms. The summed E-state index contributed by atoms with van der Waals surface area (Å²) in [7, 11) is 0. The van der Waals surface area contributed by atoms with Crippen LogP contribution in [-0.4, -0.2) is 21.7 Å². The second-order valence-electron chi connectivity index (χ2n) is 4.85. The summed E-state index contributed by atoms with van der Waals surface area (Å²) >= 11 is 0. The second-order valence-corrected chi connectivity index (χ2v) is 4.85. The average Bonchev–Trinajstić information content (AvgIpc) is 2.58. The summed E-state index contributed by atoms with van der Waals surface area (Å²) in [6.45, 7) is 0.314. The van der Waals surface area contributed by atoms with Gasteiger partial charge in [0.15, 0.2) is 0 Å². The Hall–Kier alpha value is -2.49. The van der Waals surface area contributed by atoms with Gasteiger partial charge in [-0.2, -0.15) is 0 Å². The van der Waals surface area contributed by atoms with Crippen LogP contribution in [0.1, 0.15) is 16.7 Å². The van der Waals surface area contributed by atoms with Crippen LogP contribution < -0.4 is 0 Å². The van der Waals surface area contributed by atoms with Crippen LogP contribution in [0.15, 0.2) is 48.8 Å². The lowest BCUT2D eigenvalue weighted by atomic mass is 10.0. The van der Waals surface area contributed by atoms with Crippen molar-refractivity contribution in [2.75, 3.05) is 0 Å². The molecule has 100 valence electrons. The third-order valence-electron chi connectivity index (χ3n) is 3.49. The Morgan fingerprint density at radius 2 is 1.45 bits per heavy atom. The molecule has 0 saturated carbocycles. The van der Waals surface area contributed by atoms with E-state index in [2.05, 4.69) is 4.98 Å². The van der Waals surface area contributed by atoms with Gasteiger partial charge in [-0.3, -0.25) is 19.5 Å². The smallest absolute Gasteiger partial charge is 0.233 e. The third-order valence-corrected chi connectivity index (χ3v) is 3.49. The highest BCUT2D eigenvalue weighted by atomic mass is 16.2. The number of fused-ring (bicyclic) bond motifs is 1. The molecule has 2 heterocycles. The zero-order chi connectivity index (χ0) is 13.9. The third kappa shape index (κ3) is 2.45. The van der Waals surface area contributed by atoms with Gasteiger partial charge in [-0.1, -0.05) is 24.3 Å². The zero-order valence-corrected chi connectivity index (χ0v) is 11.0. The van der Waals surface area contributed by atoms with Crippen molar-refractivity contribution in [2.24, 2.45) is 0 Å². The number of hydrogen-bond acceptors (Lipinski definition) is 3. The van der Waals surface area contributed by atoms with Gasteiger partial charge in [0.2, 0.25) is 11.8 Å². The van der Waals surface area contributed by atoms with Crippen LogP contribution in [0.5, 0.6) is 0 Å². The number of pyridine rings is 1. The molecular weight excluding hydrogens is 252 g/mol. The number of aromatic nitrogens is 1. The van der Waals surface area contributed by atoms with Gasteiger partial charge in [0, 0.05) is 12.4 Å². The van der Waals surface area contributed by atoms with Crippen molar-refractivity contribution >= 4 is 11.8 Å². The van der Waals surface area contributed by atoms with Crippen LogP contribution in [0.4, 0.5) is 0 Å². The van der Waals surface area contributed by atoms with Crippen LogP contribution in [0.25, 0.3) is 0 Å². The maximum atomic E-state index is 12.3. The molecule has 4 heteroatoms. The van der Waals surface area contributed by atoms with Crippen LogP contribution in [0, 0.1) is 0 Å². The Balaban J connectivity index is 1.87. The van der Waals surface area contributed by atoms with Gasteiger partial charge in [0.05, 0.1) is 19.4 Å². The molecule has 0 N–H and O–H groups in total. The minimum atomic E-state index is -0.142. The standard InChI is InChI=1S/C16H14N2O2/c19-15-9-13-3-1-2-4-14(13)10-16(20)18(15)11-12-5-7-17-8-6-12/h1-8H,9-11H2. The Kier molecular flexibility index (Phi) is 3.29. The van der Waals surface area contributed by atoms with E-state index in [4.69, 9.17) is 0 Å². The number of carbonyl (C=O) groups excluding carboxylic acids is 2. The van der Waals surface area contributed by atoms with Gasteiger partial charge >= 0.3 is 0 Å². The fourth-order valence-corrected chi connectivity index (χ4v) is 2.41. The predicted octanol–water partition coefficient (Wildman–Crippen LogP) is 1.74. The molecule has 1 aliphatic rings. The first-order chi connectivity index (χ1) is 9.74. The quantitative estimate of drug-likeness (QED) is 0.778. The molecule has 1 aromatic heterocycles. The first-order valence-corrected chi connectivity index (χ1v) is 6.53. The lowest BCUT2D eigenvalue weighted by Gasteiger charge is -2.18. The molecule has 3 rings (SSSR count). The molecule has 1 aromatic carbocycles. The normalized spacial score (nSPS) is 14.9. The van der Waals surface area contributed by atoms with Gasteiger partial charge in [0.25, 0.3) is 0 Å². The molecule has 0 spiro atoms. The van der Waals surface area contributed by atoms with Crippen LogP contribution >= 0.6 is 0 Å². The van der Waals surface area contributed by atoms with Crippen LogP contribution in [0.2, 0.25) is 0 Å². The molecule has 0 aliphatic carbocycles. The molecule has 0 saturated heterocycles. The number of amides is 2. The Morgan fingerprint density at radius 1 is 0.900 bits per heavy atom. The molecule has 0 unspecified atom stereocenters. The van der Waals surface area contributed by atoms with Gasteiger partial charge in [-0.15, -0.1) is 0 Å². The highest BCUT2D eigenvalue weighted by Gasteiger charge is 2.26. The molecule has 1 aliphatic heterocycles. The van der Waals surface area contributed by atoms with E-state index in [9.17, 15) is 9.59 Å². The minimum Gasteiger partial charge on any atom is -0.278 e. The number of hydrogen-bond donors (Lipinski definition) is 0. The summed E-state index contributed by atoms with van der Waals surface area (Å²) in [5.74, 6) is -0.284. The van der Waals surface area contributed by atoms with E-state index in [0.29, 0.717) is 6.54 Å². The van der Waals surface area contributed by atoms with E-state index in [1.165, 1.54) is 4.90 Å². The molecule has 0 atom stereocenters. The number of imide groups is 1. The minimum absolute atomic E-state index is 0.142. The second kappa shape index (κ2) is 5.25. The van der Waals surface area contributed by atoms with Crippen LogP contribution in [-0.2, 0) is 29.0 Å². The first-order valence-electron chi connectivity index (χ1n) is 6.53. The molecule has 0 radical (unpaired) electrons. The lowest BCUT2D eigenvalue weighted by molar-refractivity contribution is -0.144. The number of nitrogens with zero attached hydrogens (tertiary/aromatic N) is 2. The van der Waals surface area contributed by atoms with E-state index < -0.39 is 0 Å². The summed E-state index contributed by atoms with van der Waals surface area (Å²) in [4.78, 5) is 29.8. The van der Waals surface area contributed by atoms with E-state index in [1.807, 2.05) is 36.4 Å². The summed E-state index contributed by atoms with van der Waals surface area (Å²) in [5, 5.41) is 0. The number of benzene rings is 1. The summed E-state index contributed by atoms with van der Waals surface area (Å²) in [5.41, 5.74) is 2.80. The molecule has 4 nitrogen and oxygen atoms in total. The van der Waals surface area contributed by atoms with Crippen molar-refractivity contribution in [2.45, 2.75) is 19.4 Å². The Bertz CT molecular complexity index is 616. The monoisotopic (exact) mass is 266 g/mol. The maximum absolute atomic E-state index is 12.3. The van der Waals surface area contributed by atoms with Gasteiger partial charge in [-0.25, -0.2) is 0 Å². The SMILES string of the molecule is O=C1Cc2ccccc2CC(=O)N1Cc1ccncc1. The van der Waals surface area contributed by atoms with Crippen molar-refractivity contribution in [1.29, 1.82) is 0 Å². The van der Waals surface area contributed by atoms with Crippen molar-refractivity contribution in [1.82, 2.24) is 9.88 Å². The van der Waals surface area contributed by atoms with Gasteiger partial charge in [-0.05, 0) is 28.8 Å². The first kappa shape index (κ1) is 12.5. The predicted molar refractivity (Wildman–Crippen MR) is 73.6 cm³/mol. The summed E-state index contributed by atoms with van der Waals surface area (Å²) < 4.78 is 0. The summed E-state index contributed by atoms with van der Waals surface area (Å²) in [6, 6.07) is 11.3. The van der Waals surface area contributed by atoms with Gasteiger partial charge < -0.3 is 0 Å². The molecule has 0 bridgehead atoms. The summed E-state index contributed by atoms with van der Waals surface area (Å²) in [6.07, 6.45) is 3.90. The topological polar surface area (TPSA) is 50.3 Å². The highest BCUT2D eigenvalue weighted by Crippen LogP contribution is 2.18. The largest absolute Gasteiger partial charge is 0.278 e. The molecule has 2 aromatic rings. The highest BCUT2D eigenvalue weighted by molar-refractivity contribution is 5.98. The van der Waals surface area contributed by atoms with E-state index in [-0.39, 0.29) is 24.7 Å². The molecule has 0 fully saturated rings. The zero-order valence-electron chi connectivity index (χ0n) is 11.0. The van der Waals surface area contributed by atoms with Crippen molar-refractivity contribution in [3.05, 3.63) is 65.5 Å². The lowest BCUT2D eigenvalue weighted by Crippen LogP contribution is -2.36. The van der Waals surface area contributed by atoms with E-state index in [0.717, 1.165) is 16.7 Å². The van der Waals surface area contributed by atoms with E-state index >= 15 is 0 Å². The fourth-order valence-electron chi connectivity index (χ4n) is 2.41. The molecular formula is C16H14N2O2. The number of rotatable bonds is 2. The van der Waals surface area contributed by atoms with Gasteiger partial charge in [0.1, 0.15) is 0 Å². The molecule has 2 amide bonds.